The first-order valence-corrected chi connectivity index (χ1v) is 10.1. The second-order valence-corrected chi connectivity index (χ2v) is 8.02. The Bertz CT molecular complexity index is 967. The normalized spacial score (nSPS) is 15.1. The molecule has 1 aliphatic rings. The molecule has 7 heteroatoms. The highest BCUT2D eigenvalue weighted by atomic mass is 35.5. The number of likely N-dealkylation sites (tertiary alicyclic amines) is 1. The maximum atomic E-state index is 12.4. The molecule has 1 fully saturated rings. The number of urea groups is 1. The number of benzene rings is 2. The number of ether oxygens (including phenoxy) is 1. The Labute approximate surface area is 166 Å². The Morgan fingerprint density at radius 1 is 1.22 bits per heavy atom. The van der Waals surface area contributed by atoms with Gasteiger partial charge in [-0.15, -0.1) is 0 Å². The van der Waals surface area contributed by atoms with Crippen LogP contribution < -0.4 is 10.1 Å². The molecule has 1 saturated heterocycles. The largest absolute Gasteiger partial charge is 0.467 e. The van der Waals surface area contributed by atoms with Gasteiger partial charge in [0.1, 0.15) is 6.10 Å². The van der Waals surface area contributed by atoms with Crippen molar-refractivity contribution in [3.63, 3.8) is 0 Å². The highest BCUT2D eigenvalue weighted by molar-refractivity contribution is 7.20. The number of amides is 2. The topological polar surface area (TPSA) is 54.5 Å². The number of aromatic nitrogens is 1. The lowest BCUT2D eigenvalue weighted by atomic mass is 10.1. The van der Waals surface area contributed by atoms with E-state index in [0.29, 0.717) is 29.0 Å². The molecule has 0 unspecified atom stereocenters. The summed E-state index contributed by atoms with van der Waals surface area (Å²) in [4.78, 5) is 18.9. The summed E-state index contributed by atoms with van der Waals surface area (Å²) in [6.45, 7) is 3.34. The average Bonchev–Trinajstić information content (AvgIpc) is 3.08. The molecule has 0 spiro atoms. The van der Waals surface area contributed by atoms with Crippen LogP contribution in [0.3, 0.4) is 0 Å². The number of thiazole rings is 1. The molecule has 1 aromatic heterocycles. The smallest absolute Gasteiger partial charge is 0.321 e. The van der Waals surface area contributed by atoms with Gasteiger partial charge in [-0.05, 0) is 30.7 Å². The van der Waals surface area contributed by atoms with Crippen LogP contribution in [0.5, 0.6) is 5.19 Å². The van der Waals surface area contributed by atoms with E-state index in [2.05, 4.69) is 29.4 Å². The van der Waals surface area contributed by atoms with Gasteiger partial charge in [0.2, 0.25) is 0 Å². The molecule has 3 aromatic rings. The van der Waals surface area contributed by atoms with Crippen LogP contribution in [0.2, 0.25) is 5.02 Å². The lowest BCUT2D eigenvalue weighted by Crippen LogP contribution is -2.43. The first kappa shape index (κ1) is 18.1. The first-order valence-electron chi connectivity index (χ1n) is 8.93. The molecule has 2 amide bonds. The van der Waals surface area contributed by atoms with Crippen molar-refractivity contribution in [1.82, 2.24) is 9.88 Å². The molecule has 0 radical (unpaired) electrons. The highest BCUT2D eigenvalue weighted by Gasteiger charge is 2.25. The molecule has 1 aliphatic heterocycles. The monoisotopic (exact) mass is 401 g/mol. The second-order valence-electron chi connectivity index (χ2n) is 6.62. The maximum absolute atomic E-state index is 12.4. The summed E-state index contributed by atoms with van der Waals surface area (Å²) in [5.74, 6) is 0. The second kappa shape index (κ2) is 7.74. The number of nitrogens with zero attached hydrogens (tertiary/aromatic N) is 2. The van der Waals surface area contributed by atoms with E-state index in [1.54, 1.807) is 28.4 Å². The minimum absolute atomic E-state index is 0.0789. The molecule has 0 bridgehead atoms. The van der Waals surface area contributed by atoms with Crippen LogP contribution >= 0.6 is 22.9 Å². The van der Waals surface area contributed by atoms with Crippen molar-refractivity contribution in [2.45, 2.75) is 25.9 Å². The molecule has 1 N–H and O–H groups in total. The molecule has 0 atom stereocenters. The third-order valence-corrected chi connectivity index (χ3v) is 5.95. The van der Waals surface area contributed by atoms with Crippen molar-refractivity contribution < 1.29 is 9.53 Å². The first-order chi connectivity index (χ1) is 13.1. The maximum Gasteiger partial charge on any atom is 0.321 e. The van der Waals surface area contributed by atoms with Gasteiger partial charge in [0.15, 0.2) is 0 Å². The molecule has 4 rings (SSSR count). The van der Waals surface area contributed by atoms with E-state index in [9.17, 15) is 4.79 Å². The summed E-state index contributed by atoms with van der Waals surface area (Å²) in [6, 6.07) is 13.3. The summed E-state index contributed by atoms with van der Waals surface area (Å²) in [7, 11) is 0. The summed E-state index contributed by atoms with van der Waals surface area (Å²) in [5, 5.41) is 4.12. The third-order valence-electron chi connectivity index (χ3n) is 4.71. The van der Waals surface area contributed by atoms with Gasteiger partial charge < -0.3 is 15.0 Å². The number of para-hydroxylation sites is 2. The number of rotatable bonds is 3. The van der Waals surface area contributed by atoms with Crippen molar-refractivity contribution in [1.29, 1.82) is 0 Å². The Hall–Kier alpha value is -2.31. The van der Waals surface area contributed by atoms with Gasteiger partial charge in [-0.3, -0.25) is 0 Å². The van der Waals surface area contributed by atoms with Gasteiger partial charge >= 0.3 is 6.03 Å². The van der Waals surface area contributed by atoms with E-state index >= 15 is 0 Å². The van der Waals surface area contributed by atoms with Gasteiger partial charge in [0, 0.05) is 25.9 Å². The number of aryl methyl sites for hydroxylation is 1. The Kier molecular flexibility index (Phi) is 5.18. The minimum Gasteiger partial charge on any atom is -0.467 e. The van der Waals surface area contributed by atoms with Crippen LogP contribution in [0.4, 0.5) is 10.5 Å². The Morgan fingerprint density at radius 3 is 2.74 bits per heavy atom. The fourth-order valence-corrected chi connectivity index (χ4v) is 4.33. The van der Waals surface area contributed by atoms with Crippen molar-refractivity contribution >= 4 is 44.9 Å². The predicted octanol–water partition coefficient (Wildman–Crippen LogP) is 5.33. The van der Waals surface area contributed by atoms with Crippen LogP contribution in [0.1, 0.15) is 18.4 Å². The zero-order valence-corrected chi connectivity index (χ0v) is 16.5. The van der Waals surface area contributed by atoms with Crippen molar-refractivity contribution in [3.05, 3.63) is 53.1 Å². The molecule has 140 valence electrons. The number of hydrogen-bond acceptors (Lipinski definition) is 4. The number of halogens is 1. The molecule has 2 heterocycles. The standard InChI is InChI=1S/C20H20ClN3O2S/c1-13-5-4-8-17-18(13)23-20(27-17)26-14-9-11-24(12-10-14)19(25)22-16-7-3-2-6-15(16)21/h2-8,14H,9-12H2,1H3,(H,22,25). The molecule has 27 heavy (non-hydrogen) atoms. The number of carbonyl (C=O) groups excluding carboxylic acids is 1. The molecule has 5 nitrogen and oxygen atoms in total. The van der Waals surface area contributed by atoms with Crippen LogP contribution in [0.25, 0.3) is 10.2 Å². The van der Waals surface area contributed by atoms with Crippen molar-refractivity contribution in [3.8, 4) is 5.19 Å². The number of anilines is 1. The third kappa shape index (κ3) is 4.01. The SMILES string of the molecule is Cc1cccc2sc(OC3CCN(C(=O)Nc4ccccc4Cl)CC3)nc12. The fraction of sp³-hybridized carbons (Fsp3) is 0.300. The summed E-state index contributed by atoms with van der Waals surface area (Å²) in [6.07, 6.45) is 1.64. The molecule has 0 aliphatic carbocycles. The van der Waals surface area contributed by atoms with Crippen LogP contribution in [-0.4, -0.2) is 35.1 Å². The lowest BCUT2D eigenvalue weighted by Gasteiger charge is -2.31. The number of fused-ring (bicyclic) bond motifs is 1. The van der Waals surface area contributed by atoms with Crippen molar-refractivity contribution in [2.24, 2.45) is 0 Å². The fourth-order valence-electron chi connectivity index (χ4n) is 3.19. The molecule has 2 aromatic carbocycles. The van der Waals surface area contributed by atoms with Crippen LogP contribution in [0, 0.1) is 6.92 Å². The van der Waals surface area contributed by atoms with Crippen LogP contribution in [0.15, 0.2) is 42.5 Å². The van der Waals surface area contributed by atoms with E-state index < -0.39 is 0 Å². The van der Waals surface area contributed by atoms with Gasteiger partial charge in [-0.25, -0.2) is 9.78 Å². The quantitative estimate of drug-likeness (QED) is 0.645. The summed E-state index contributed by atoms with van der Waals surface area (Å²) >= 11 is 7.68. The minimum atomic E-state index is -0.128. The lowest BCUT2D eigenvalue weighted by molar-refractivity contribution is 0.115. The van der Waals surface area contributed by atoms with Gasteiger partial charge in [-0.1, -0.05) is 47.2 Å². The molecule has 0 saturated carbocycles. The van der Waals surface area contributed by atoms with Crippen molar-refractivity contribution in [2.75, 3.05) is 18.4 Å². The predicted molar refractivity (Wildman–Crippen MR) is 110 cm³/mol. The summed E-state index contributed by atoms with van der Waals surface area (Å²) in [5.41, 5.74) is 2.80. The number of carbonyl (C=O) groups is 1. The zero-order valence-electron chi connectivity index (χ0n) is 14.9. The number of hydrogen-bond donors (Lipinski definition) is 1. The van der Waals surface area contributed by atoms with E-state index in [1.807, 2.05) is 18.2 Å². The number of piperidine rings is 1. The van der Waals surface area contributed by atoms with Gasteiger partial charge in [-0.2, -0.15) is 0 Å². The Balaban J connectivity index is 1.33. The Morgan fingerprint density at radius 2 is 2.00 bits per heavy atom. The zero-order chi connectivity index (χ0) is 18.8. The van der Waals surface area contributed by atoms with E-state index in [1.165, 1.54) is 0 Å². The average molecular weight is 402 g/mol. The molecular formula is C20H20ClN3O2S. The van der Waals surface area contributed by atoms with E-state index in [-0.39, 0.29) is 12.1 Å². The van der Waals surface area contributed by atoms with Gasteiger partial charge in [0.25, 0.3) is 5.19 Å². The highest BCUT2D eigenvalue weighted by Crippen LogP contribution is 2.31. The van der Waals surface area contributed by atoms with E-state index in [4.69, 9.17) is 16.3 Å². The summed E-state index contributed by atoms with van der Waals surface area (Å²) < 4.78 is 7.23. The number of nitrogens with one attached hydrogen (secondary N) is 1. The van der Waals surface area contributed by atoms with E-state index in [0.717, 1.165) is 28.6 Å². The van der Waals surface area contributed by atoms with Gasteiger partial charge in [0.05, 0.1) is 20.9 Å². The van der Waals surface area contributed by atoms with Crippen LogP contribution in [-0.2, 0) is 0 Å². The molecular weight excluding hydrogens is 382 g/mol.